The van der Waals surface area contributed by atoms with Crippen molar-refractivity contribution in [3.8, 4) is 0 Å². The number of nitrogens with zero attached hydrogens (tertiary/aromatic N) is 1. The van der Waals surface area contributed by atoms with Gasteiger partial charge in [0.15, 0.2) is 0 Å². The lowest BCUT2D eigenvalue weighted by atomic mass is 10.1. The number of hydrogen-bond donors (Lipinski definition) is 1. The molecule has 1 aliphatic rings. The Morgan fingerprint density at radius 2 is 1.91 bits per heavy atom. The van der Waals surface area contributed by atoms with Crippen LogP contribution in [0.1, 0.15) is 50.3 Å². The zero-order valence-electron chi connectivity index (χ0n) is 13.2. The summed E-state index contributed by atoms with van der Waals surface area (Å²) in [4.78, 5) is 11.8. The fourth-order valence-electron chi connectivity index (χ4n) is 2.76. The van der Waals surface area contributed by atoms with Crippen LogP contribution in [0.4, 0.5) is 0 Å². The Labute approximate surface area is 136 Å². The lowest BCUT2D eigenvalue weighted by molar-refractivity contribution is -0.119. The van der Waals surface area contributed by atoms with Crippen LogP contribution in [0.15, 0.2) is 16.3 Å². The molecule has 7 heteroatoms. The molecular formula is C15H24N2O3S2. The van der Waals surface area contributed by atoms with Gasteiger partial charge in [0.1, 0.15) is 4.21 Å². The van der Waals surface area contributed by atoms with Crippen LogP contribution in [-0.4, -0.2) is 31.7 Å². The van der Waals surface area contributed by atoms with Crippen LogP contribution in [0.5, 0.6) is 0 Å². The molecule has 0 spiro atoms. The highest BCUT2D eigenvalue weighted by Crippen LogP contribution is 2.29. The van der Waals surface area contributed by atoms with Gasteiger partial charge in [-0.05, 0) is 25.0 Å². The third-order valence-corrected chi connectivity index (χ3v) is 7.58. The average molecular weight is 345 g/mol. The SMILES string of the molecule is CC(=O)NCc1ccc(S(=O)(=O)N(C)C2CCCCCC2)s1. The maximum absolute atomic E-state index is 12.7. The molecule has 0 saturated heterocycles. The van der Waals surface area contributed by atoms with E-state index in [4.69, 9.17) is 0 Å². The van der Waals surface area contributed by atoms with Gasteiger partial charge in [-0.25, -0.2) is 8.42 Å². The Morgan fingerprint density at radius 3 is 2.50 bits per heavy atom. The van der Waals surface area contributed by atoms with Crippen molar-refractivity contribution in [3.63, 3.8) is 0 Å². The summed E-state index contributed by atoms with van der Waals surface area (Å²) < 4.78 is 27.4. The number of carbonyl (C=O) groups excluding carboxylic acids is 1. The van der Waals surface area contributed by atoms with E-state index in [2.05, 4.69) is 5.32 Å². The first kappa shape index (κ1) is 17.4. The van der Waals surface area contributed by atoms with E-state index in [-0.39, 0.29) is 11.9 Å². The summed E-state index contributed by atoms with van der Waals surface area (Å²) in [5, 5.41) is 2.69. The van der Waals surface area contributed by atoms with Gasteiger partial charge in [0.25, 0.3) is 10.0 Å². The van der Waals surface area contributed by atoms with Crippen molar-refractivity contribution < 1.29 is 13.2 Å². The summed E-state index contributed by atoms with van der Waals surface area (Å²) in [5.41, 5.74) is 0. The summed E-state index contributed by atoms with van der Waals surface area (Å²) in [6.45, 7) is 1.83. The molecule has 0 aromatic carbocycles. The van der Waals surface area contributed by atoms with E-state index in [9.17, 15) is 13.2 Å². The van der Waals surface area contributed by atoms with Gasteiger partial charge in [-0.3, -0.25) is 4.79 Å². The van der Waals surface area contributed by atoms with Crippen molar-refractivity contribution >= 4 is 27.3 Å². The molecule has 0 aliphatic heterocycles. The van der Waals surface area contributed by atoms with Crippen LogP contribution in [0.3, 0.4) is 0 Å². The van der Waals surface area contributed by atoms with E-state index in [1.165, 1.54) is 31.1 Å². The zero-order chi connectivity index (χ0) is 16.2. The maximum Gasteiger partial charge on any atom is 0.252 e. The van der Waals surface area contributed by atoms with Crippen molar-refractivity contribution in [1.29, 1.82) is 0 Å². The van der Waals surface area contributed by atoms with Gasteiger partial charge in [-0.2, -0.15) is 4.31 Å². The Hall–Kier alpha value is -0.920. The monoisotopic (exact) mass is 344 g/mol. The van der Waals surface area contributed by atoms with Crippen LogP contribution in [-0.2, 0) is 21.4 Å². The average Bonchev–Trinajstić information content (AvgIpc) is 2.80. The third kappa shape index (κ3) is 4.30. The van der Waals surface area contributed by atoms with Gasteiger partial charge >= 0.3 is 0 Å². The quantitative estimate of drug-likeness (QED) is 0.835. The van der Waals surface area contributed by atoms with E-state index in [0.29, 0.717) is 10.8 Å². The zero-order valence-corrected chi connectivity index (χ0v) is 14.8. The second-order valence-corrected chi connectivity index (χ2v) is 9.19. The molecule has 1 aliphatic carbocycles. The Balaban J connectivity index is 2.09. The van der Waals surface area contributed by atoms with Gasteiger partial charge in [0.2, 0.25) is 5.91 Å². The molecule has 1 saturated carbocycles. The first-order valence-corrected chi connectivity index (χ1v) is 9.98. The molecule has 1 aromatic heterocycles. The van der Waals surface area contributed by atoms with E-state index < -0.39 is 10.0 Å². The largest absolute Gasteiger partial charge is 0.351 e. The van der Waals surface area contributed by atoms with Crippen LogP contribution in [0.2, 0.25) is 0 Å². The van der Waals surface area contributed by atoms with E-state index in [0.717, 1.165) is 30.6 Å². The predicted octanol–water partition coefficient (Wildman–Crippen LogP) is 2.73. The topological polar surface area (TPSA) is 66.5 Å². The minimum Gasteiger partial charge on any atom is -0.351 e. The first-order chi connectivity index (χ1) is 10.4. The van der Waals surface area contributed by atoms with E-state index in [1.807, 2.05) is 0 Å². The highest BCUT2D eigenvalue weighted by atomic mass is 32.2. The standard InChI is InChI=1S/C15H24N2O3S2/c1-12(18)16-11-14-9-10-15(21-14)22(19,20)17(2)13-7-5-3-4-6-8-13/h9-10,13H,3-8,11H2,1-2H3,(H,16,18). The first-order valence-electron chi connectivity index (χ1n) is 7.72. The summed E-state index contributed by atoms with van der Waals surface area (Å²) in [6.07, 6.45) is 6.49. The Bertz CT molecular complexity index is 602. The summed E-state index contributed by atoms with van der Waals surface area (Å²) in [7, 11) is -1.74. The van der Waals surface area contributed by atoms with Gasteiger partial charge in [-0.15, -0.1) is 11.3 Å². The van der Waals surface area contributed by atoms with Crippen molar-refractivity contribution in [3.05, 3.63) is 17.0 Å². The number of rotatable bonds is 5. The predicted molar refractivity (Wildman–Crippen MR) is 88.3 cm³/mol. The lowest BCUT2D eigenvalue weighted by Gasteiger charge is -2.25. The van der Waals surface area contributed by atoms with Gasteiger partial charge in [0.05, 0.1) is 6.54 Å². The van der Waals surface area contributed by atoms with Gasteiger partial charge in [-0.1, -0.05) is 25.7 Å². The molecule has 124 valence electrons. The molecule has 1 heterocycles. The normalized spacial score (nSPS) is 17.4. The second-order valence-electron chi connectivity index (χ2n) is 5.80. The molecule has 0 radical (unpaired) electrons. The molecule has 0 bridgehead atoms. The number of nitrogens with one attached hydrogen (secondary N) is 1. The smallest absolute Gasteiger partial charge is 0.252 e. The minimum absolute atomic E-state index is 0.105. The number of hydrogen-bond acceptors (Lipinski definition) is 4. The van der Waals surface area contributed by atoms with Crippen molar-refractivity contribution in [2.24, 2.45) is 0 Å². The van der Waals surface area contributed by atoms with E-state index >= 15 is 0 Å². The molecule has 0 unspecified atom stereocenters. The number of thiophene rings is 1. The molecular weight excluding hydrogens is 320 g/mol. The summed E-state index contributed by atoms with van der Waals surface area (Å²) >= 11 is 1.23. The van der Waals surface area contributed by atoms with Crippen LogP contribution >= 0.6 is 11.3 Å². The fraction of sp³-hybridized carbons (Fsp3) is 0.667. The van der Waals surface area contributed by atoms with Crippen LogP contribution in [0.25, 0.3) is 0 Å². The Morgan fingerprint density at radius 1 is 1.27 bits per heavy atom. The molecule has 1 N–H and O–H groups in total. The fourth-order valence-corrected chi connectivity index (χ4v) is 5.66. The van der Waals surface area contributed by atoms with Crippen LogP contribution in [0, 0.1) is 0 Å². The van der Waals surface area contributed by atoms with Gasteiger partial charge in [0, 0.05) is 24.9 Å². The lowest BCUT2D eigenvalue weighted by Crippen LogP contribution is -2.36. The van der Waals surface area contributed by atoms with E-state index in [1.54, 1.807) is 23.5 Å². The highest BCUT2D eigenvalue weighted by Gasteiger charge is 2.29. The second kappa shape index (κ2) is 7.57. The van der Waals surface area contributed by atoms with Gasteiger partial charge < -0.3 is 5.32 Å². The molecule has 0 atom stereocenters. The Kier molecular flexibility index (Phi) is 6.00. The maximum atomic E-state index is 12.7. The third-order valence-electron chi connectivity index (χ3n) is 4.12. The number of carbonyl (C=O) groups is 1. The molecule has 2 rings (SSSR count). The number of amides is 1. The molecule has 1 aromatic rings. The molecule has 1 amide bonds. The van der Waals surface area contributed by atoms with Crippen molar-refractivity contribution in [2.45, 2.75) is 62.2 Å². The molecule has 5 nitrogen and oxygen atoms in total. The summed E-state index contributed by atoms with van der Waals surface area (Å²) in [6, 6.07) is 3.52. The van der Waals surface area contributed by atoms with Crippen LogP contribution < -0.4 is 5.32 Å². The number of sulfonamides is 1. The van der Waals surface area contributed by atoms with Crippen molar-refractivity contribution in [2.75, 3.05) is 7.05 Å². The highest BCUT2D eigenvalue weighted by molar-refractivity contribution is 7.91. The summed E-state index contributed by atoms with van der Waals surface area (Å²) in [5.74, 6) is -0.117. The molecule has 1 fully saturated rings. The molecule has 22 heavy (non-hydrogen) atoms. The van der Waals surface area contributed by atoms with Crippen molar-refractivity contribution in [1.82, 2.24) is 9.62 Å². The minimum atomic E-state index is -3.43.